The summed E-state index contributed by atoms with van der Waals surface area (Å²) in [6.45, 7) is 1.00. The number of hydrogen-bond donors (Lipinski definition) is 2. The van der Waals surface area contributed by atoms with Crippen LogP contribution in [0.25, 0.3) is 11.0 Å². The SMILES string of the molecule is COc1cc(Nc2nc3ccccc3nc2N(c2cccc(NC(=O)CN3CCCCC3c3ccncc3)c2)S(=O)[O-])cc(OC)c1. The number of benzene rings is 3. The highest BCUT2D eigenvalue weighted by molar-refractivity contribution is 7.81. The van der Waals surface area contributed by atoms with E-state index in [0.29, 0.717) is 33.9 Å². The Bertz CT molecular complexity index is 1870. The first kappa shape index (κ1) is 31.9. The number of nitrogens with zero attached hydrogens (tertiary/aromatic N) is 5. The Hall–Kier alpha value is -5.11. The van der Waals surface area contributed by atoms with E-state index < -0.39 is 11.3 Å². The number of ether oxygens (including phenoxy) is 2. The highest BCUT2D eigenvalue weighted by atomic mass is 32.2. The molecule has 0 spiro atoms. The number of carbonyl (C=O) groups is 1. The number of aromatic nitrogens is 3. The van der Waals surface area contributed by atoms with Gasteiger partial charge in [-0.1, -0.05) is 24.6 Å². The van der Waals surface area contributed by atoms with Crippen LogP contribution in [0.4, 0.5) is 28.7 Å². The van der Waals surface area contributed by atoms with E-state index in [2.05, 4.69) is 20.5 Å². The lowest BCUT2D eigenvalue weighted by Gasteiger charge is -2.35. The molecule has 47 heavy (non-hydrogen) atoms. The Kier molecular flexibility index (Phi) is 9.86. The van der Waals surface area contributed by atoms with Gasteiger partial charge in [-0.3, -0.25) is 23.2 Å². The van der Waals surface area contributed by atoms with Crippen LogP contribution in [0.2, 0.25) is 0 Å². The number of pyridine rings is 1. The molecule has 13 heteroatoms. The zero-order valence-electron chi connectivity index (χ0n) is 26.0. The van der Waals surface area contributed by atoms with Gasteiger partial charge in [-0.25, -0.2) is 9.97 Å². The third-order valence-electron chi connectivity index (χ3n) is 7.92. The topological polar surface area (TPSA) is 145 Å². The van der Waals surface area contributed by atoms with Crippen molar-refractivity contribution < 1.29 is 23.0 Å². The molecule has 2 unspecified atom stereocenters. The summed E-state index contributed by atoms with van der Waals surface area (Å²) in [7, 11) is 3.08. The van der Waals surface area contributed by atoms with Crippen LogP contribution >= 0.6 is 0 Å². The first-order chi connectivity index (χ1) is 22.9. The summed E-state index contributed by atoms with van der Waals surface area (Å²) in [5.74, 6) is 1.09. The van der Waals surface area contributed by atoms with E-state index >= 15 is 0 Å². The highest BCUT2D eigenvalue weighted by Crippen LogP contribution is 2.36. The minimum Gasteiger partial charge on any atom is -0.755 e. The largest absolute Gasteiger partial charge is 0.755 e. The maximum absolute atomic E-state index is 13.3. The molecule has 0 bridgehead atoms. The summed E-state index contributed by atoms with van der Waals surface area (Å²) in [4.78, 5) is 29.0. The molecule has 0 saturated carbocycles. The van der Waals surface area contributed by atoms with Gasteiger partial charge in [-0.05, 0) is 67.4 Å². The molecular weight excluding hydrogens is 618 g/mol. The molecule has 2 atom stereocenters. The molecule has 0 aliphatic carbocycles. The van der Waals surface area contributed by atoms with Gasteiger partial charge in [-0.15, -0.1) is 0 Å². The first-order valence-electron chi connectivity index (χ1n) is 15.1. The number of nitrogens with one attached hydrogen (secondary N) is 2. The van der Waals surface area contributed by atoms with Gasteiger partial charge >= 0.3 is 0 Å². The number of likely N-dealkylation sites (tertiary alicyclic amines) is 1. The standard InChI is InChI=1S/C34H35N7O5S/c1-45-27-19-25(20-28(21-27)46-2)37-33-34(39-30-11-4-3-10-29(30)38-33)41(47(43)44)26-9-7-8-24(18-26)36-32(42)22-40-17-6-5-12-31(40)23-13-15-35-16-14-23/h3-4,7-11,13-16,18-21,31H,5-6,12,17,22H2,1-2H3,(H,36,42)(H,37,38)(H,43,44)/p-1. The molecule has 3 aromatic carbocycles. The lowest BCUT2D eigenvalue weighted by Crippen LogP contribution is -2.39. The molecule has 2 N–H and O–H groups in total. The molecule has 1 saturated heterocycles. The molecular formula is C34H34N7O5S-. The second kappa shape index (κ2) is 14.5. The average Bonchev–Trinajstić information content (AvgIpc) is 3.09. The predicted molar refractivity (Wildman–Crippen MR) is 181 cm³/mol. The lowest BCUT2D eigenvalue weighted by molar-refractivity contribution is -0.118. The third-order valence-corrected chi connectivity index (χ3v) is 8.61. The van der Waals surface area contributed by atoms with E-state index in [-0.39, 0.29) is 35.8 Å². The lowest BCUT2D eigenvalue weighted by atomic mass is 9.96. The number of methoxy groups -OCH3 is 2. The van der Waals surface area contributed by atoms with Gasteiger partial charge in [0.25, 0.3) is 0 Å². The number of para-hydroxylation sites is 2. The van der Waals surface area contributed by atoms with Gasteiger partial charge in [-0.2, -0.15) is 0 Å². The zero-order valence-corrected chi connectivity index (χ0v) is 26.8. The van der Waals surface area contributed by atoms with Crippen LogP contribution in [0.15, 0.2) is 91.3 Å². The molecule has 2 aromatic heterocycles. The minimum atomic E-state index is -2.82. The van der Waals surface area contributed by atoms with Crippen LogP contribution in [0.1, 0.15) is 30.9 Å². The van der Waals surface area contributed by atoms with Crippen molar-refractivity contribution >= 4 is 56.9 Å². The van der Waals surface area contributed by atoms with Crippen molar-refractivity contribution in [2.45, 2.75) is 25.3 Å². The molecule has 1 aliphatic rings. The molecule has 242 valence electrons. The molecule has 0 radical (unpaired) electrons. The van der Waals surface area contributed by atoms with Crippen LogP contribution in [0.5, 0.6) is 11.5 Å². The van der Waals surface area contributed by atoms with E-state index in [0.717, 1.165) is 35.7 Å². The van der Waals surface area contributed by atoms with Crippen LogP contribution in [0.3, 0.4) is 0 Å². The number of amides is 1. The molecule has 12 nitrogen and oxygen atoms in total. The van der Waals surface area contributed by atoms with Crippen LogP contribution in [-0.4, -0.2) is 61.8 Å². The molecule has 1 fully saturated rings. The zero-order chi connectivity index (χ0) is 32.8. The van der Waals surface area contributed by atoms with Crippen LogP contribution < -0.4 is 24.4 Å². The third kappa shape index (κ3) is 7.49. The number of piperidine rings is 1. The fourth-order valence-corrected chi connectivity index (χ4v) is 6.30. The summed E-state index contributed by atoms with van der Waals surface area (Å²) in [6.07, 6.45) is 6.61. The number of carbonyl (C=O) groups excluding carboxylic acids is 1. The smallest absolute Gasteiger partial charge is 0.238 e. The van der Waals surface area contributed by atoms with E-state index in [1.54, 1.807) is 87.3 Å². The van der Waals surface area contributed by atoms with Gasteiger partial charge < -0.3 is 24.7 Å². The van der Waals surface area contributed by atoms with E-state index in [9.17, 15) is 13.6 Å². The van der Waals surface area contributed by atoms with Crippen molar-refractivity contribution in [1.82, 2.24) is 19.9 Å². The Morgan fingerprint density at radius 2 is 1.66 bits per heavy atom. The minimum absolute atomic E-state index is 0.0378. The van der Waals surface area contributed by atoms with E-state index in [4.69, 9.17) is 19.4 Å². The van der Waals surface area contributed by atoms with Crippen molar-refractivity contribution in [3.63, 3.8) is 0 Å². The number of fused-ring (bicyclic) bond motifs is 1. The predicted octanol–water partition coefficient (Wildman–Crippen LogP) is 5.88. The fraction of sp³-hybridized carbons (Fsp3) is 0.235. The van der Waals surface area contributed by atoms with Gasteiger partial charge in [0.1, 0.15) is 11.5 Å². The molecule has 6 rings (SSSR count). The Morgan fingerprint density at radius 3 is 2.36 bits per heavy atom. The summed E-state index contributed by atoms with van der Waals surface area (Å²) in [5, 5.41) is 6.16. The summed E-state index contributed by atoms with van der Waals surface area (Å²) in [6, 6.07) is 23.1. The summed E-state index contributed by atoms with van der Waals surface area (Å²) < 4.78 is 37.7. The van der Waals surface area contributed by atoms with Crippen molar-refractivity contribution in [2.24, 2.45) is 0 Å². The molecule has 1 aliphatic heterocycles. The summed E-state index contributed by atoms with van der Waals surface area (Å²) >= 11 is -2.82. The van der Waals surface area contributed by atoms with Crippen molar-refractivity contribution in [1.29, 1.82) is 0 Å². The second-order valence-electron chi connectivity index (χ2n) is 11.0. The fourth-order valence-electron chi connectivity index (χ4n) is 5.75. The first-order valence-corrected chi connectivity index (χ1v) is 16.2. The van der Waals surface area contributed by atoms with Crippen molar-refractivity contribution in [2.75, 3.05) is 42.2 Å². The van der Waals surface area contributed by atoms with Crippen molar-refractivity contribution in [3.05, 3.63) is 96.8 Å². The van der Waals surface area contributed by atoms with Gasteiger partial charge in [0.05, 0.1) is 48.8 Å². The number of anilines is 5. The molecule has 1 amide bonds. The molecule has 5 aromatic rings. The average molecular weight is 653 g/mol. The van der Waals surface area contributed by atoms with Crippen LogP contribution in [-0.2, 0) is 16.1 Å². The van der Waals surface area contributed by atoms with Crippen molar-refractivity contribution in [3.8, 4) is 11.5 Å². The van der Waals surface area contributed by atoms with Gasteiger partial charge in [0, 0.05) is 48.0 Å². The second-order valence-corrected chi connectivity index (χ2v) is 11.8. The van der Waals surface area contributed by atoms with Gasteiger partial charge in [0.15, 0.2) is 11.6 Å². The highest BCUT2D eigenvalue weighted by Gasteiger charge is 2.26. The number of hydrogen-bond acceptors (Lipinski definition) is 10. The summed E-state index contributed by atoms with van der Waals surface area (Å²) in [5.41, 5.74) is 3.46. The number of rotatable bonds is 11. The Balaban J connectivity index is 1.30. The van der Waals surface area contributed by atoms with Crippen LogP contribution in [0, 0.1) is 0 Å². The monoisotopic (exact) mass is 652 g/mol. The Morgan fingerprint density at radius 1 is 0.936 bits per heavy atom. The maximum atomic E-state index is 13.3. The van der Waals surface area contributed by atoms with Gasteiger partial charge in [0.2, 0.25) is 5.91 Å². The quantitative estimate of drug-likeness (QED) is 0.166. The van der Waals surface area contributed by atoms with E-state index in [1.807, 2.05) is 18.2 Å². The van der Waals surface area contributed by atoms with E-state index in [1.165, 1.54) is 0 Å². The maximum Gasteiger partial charge on any atom is 0.238 e. The molecule has 3 heterocycles. The Labute approximate surface area is 275 Å². The normalized spacial score (nSPS) is 15.5.